The Morgan fingerprint density at radius 1 is 1.57 bits per heavy atom. The number of hydrogen-bond acceptors (Lipinski definition) is 5. The van der Waals surface area contributed by atoms with Gasteiger partial charge < -0.3 is 4.74 Å². The minimum Gasteiger partial charge on any atom is -0.469 e. The standard InChI is InChI=1S/C14H17FN2O4/c1-21-14(18)11-5-3-7-16(9-11)8-10-4-2-6-12(13(10)15)17(19)20/h2,4,6,11H,3,5,7-9H2,1H3/t11-/m0/s1. The van der Waals surface area contributed by atoms with Gasteiger partial charge in [0.1, 0.15) is 0 Å². The molecular weight excluding hydrogens is 279 g/mol. The highest BCUT2D eigenvalue weighted by molar-refractivity contribution is 5.72. The lowest BCUT2D eigenvalue weighted by Gasteiger charge is -2.31. The van der Waals surface area contributed by atoms with Gasteiger partial charge in [-0.2, -0.15) is 4.39 Å². The van der Waals surface area contributed by atoms with Crippen LogP contribution in [-0.2, 0) is 16.1 Å². The lowest BCUT2D eigenvalue weighted by Crippen LogP contribution is -2.38. The molecular formula is C14H17FN2O4. The van der Waals surface area contributed by atoms with Crippen molar-refractivity contribution < 1.29 is 18.8 Å². The van der Waals surface area contributed by atoms with Crippen molar-refractivity contribution in [2.45, 2.75) is 19.4 Å². The summed E-state index contributed by atoms with van der Waals surface area (Å²) >= 11 is 0. The molecule has 0 amide bonds. The summed E-state index contributed by atoms with van der Waals surface area (Å²) in [6.45, 7) is 1.46. The van der Waals surface area contributed by atoms with Crippen LogP contribution in [0.1, 0.15) is 18.4 Å². The van der Waals surface area contributed by atoms with Crippen LogP contribution < -0.4 is 0 Å². The average molecular weight is 296 g/mol. The largest absolute Gasteiger partial charge is 0.469 e. The van der Waals surface area contributed by atoms with E-state index in [4.69, 9.17) is 4.74 Å². The zero-order valence-corrected chi connectivity index (χ0v) is 11.8. The van der Waals surface area contributed by atoms with Gasteiger partial charge in [-0.3, -0.25) is 19.8 Å². The lowest BCUT2D eigenvalue weighted by molar-refractivity contribution is -0.387. The molecule has 1 saturated heterocycles. The van der Waals surface area contributed by atoms with E-state index in [9.17, 15) is 19.3 Å². The van der Waals surface area contributed by atoms with Gasteiger partial charge in [-0.1, -0.05) is 12.1 Å². The van der Waals surface area contributed by atoms with E-state index in [-0.39, 0.29) is 24.0 Å². The highest BCUT2D eigenvalue weighted by Crippen LogP contribution is 2.24. The third-order valence-corrected chi connectivity index (χ3v) is 3.69. The van der Waals surface area contributed by atoms with Gasteiger partial charge >= 0.3 is 11.7 Å². The second kappa shape index (κ2) is 6.62. The van der Waals surface area contributed by atoms with Gasteiger partial charge in [0.25, 0.3) is 0 Å². The molecule has 1 aromatic carbocycles. The average Bonchev–Trinajstić information content (AvgIpc) is 2.48. The summed E-state index contributed by atoms with van der Waals surface area (Å²) in [5, 5.41) is 10.7. The molecule has 114 valence electrons. The van der Waals surface area contributed by atoms with Crippen LogP contribution in [0.5, 0.6) is 0 Å². The van der Waals surface area contributed by atoms with Crippen LogP contribution in [0.15, 0.2) is 18.2 Å². The number of nitro benzene ring substituents is 1. The third kappa shape index (κ3) is 3.55. The molecule has 1 heterocycles. The number of esters is 1. The minimum atomic E-state index is -0.803. The molecule has 2 rings (SSSR count). The monoisotopic (exact) mass is 296 g/mol. The van der Waals surface area contributed by atoms with E-state index in [1.54, 1.807) is 0 Å². The van der Waals surface area contributed by atoms with Crippen LogP contribution >= 0.6 is 0 Å². The summed E-state index contributed by atoms with van der Waals surface area (Å²) in [7, 11) is 1.35. The van der Waals surface area contributed by atoms with E-state index in [1.807, 2.05) is 4.90 Å². The van der Waals surface area contributed by atoms with E-state index >= 15 is 0 Å². The molecule has 1 aliphatic rings. The molecule has 0 aromatic heterocycles. The number of carbonyl (C=O) groups is 1. The van der Waals surface area contributed by atoms with Crippen LogP contribution in [0.25, 0.3) is 0 Å². The van der Waals surface area contributed by atoms with Gasteiger partial charge in [-0.25, -0.2) is 0 Å². The van der Waals surface area contributed by atoms with Crippen LogP contribution in [0.3, 0.4) is 0 Å². The number of rotatable bonds is 4. The smallest absolute Gasteiger partial charge is 0.309 e. The Morgan fingerprint density at radius 3 is 3.00 bits per heavy atom. The molecule has 21 heavy (non-hydrogen) atoms. The molecule has 0 radical (unpaired) electrons. The maximum atomic E-state index is 14.0. The van der Waals surface area contributed by atoms with E-state index in [0.29, 0.717) is 6.54 Å². The minimum absolute atomic E-state index is 0.217. The normalized spacial score (nSPS) is 19.2. The van der Waals surface area contributed by atoms with Gasteiger partial charge in [0.05, 0.1) is 18.0 Å². The Labute approximate surface area is 121 Å². The number of methoxy groups -OCH3 is 1. The first-order valence-corrected chi connectivity index (χ1v) is 6.75. The topological polar surface area (TPSA) is 72.7 Å². The van der Waals surface area contributed by atoms with Crippen LogP contribution in [0.2, 0.25) is 0 Å². The second-order valence-electron chi connectivity index (χ2n) is 5.10. The highest BCUT2D eigenvalue weighted by atomic mass is 19.1. The van der Waals surface area contributed by atoms with Gasteiger partial charge in [-0.05, 0) is 19.4 Å². The first kappa shape index (κ1) is 15.4. The summed E-state index contributed by atoms with van der Waals surface area (Å²) in [6.07, 6.45) is 1.57. The summed E-state index contributed by atoms with van der Waals surface area (Å²) in [5.74, 6) is -1.28. The molecule has 1 atom stereocenters. The van der Waals surface area contributed by atoms with Crippen molar-refractivity contribution in [3.8, 4) is 0 Å². The van der Waals surface area contributed by atoms with Crippen molar-refractivity contribution in [2.75, 3.05) is 20.2 Å². The maximum Gasteiger partial charge on any atom is 0.309 e. The van der Waals surface area contributed by atoms with Crippen LogP contribution in [0.4, 0.5) is 10.1 Å². The molecule has 1 aliphatic heterocycles. The summed E-state index contributed by atoms with van der Waals surface area (Å²) in [5.41, 5.74) is -0.247. The predicted molar refractivity (Wildman–Crippen MR) is 73.1 cm³/mol. The first-order valence-electron chi connectivity index (χ1n) is 6.75. The first-order chi connectivity index (χ1) is 10.0. The zero-order chi connectivity index (χ0) is 15.4. The van der Waals surface area contributed by atoms with Crippen molar-refractivity contribution in [1.29, 1.82) is 0 Å². The number of ether oxygens (including phenoxy) is 1. The Hall–Kier alpha value is -2.02. The number of carbonyl (C=O) groups excluding carboxylic acids is 1. The molecule has 1 fully saturated rings. The molecule has 0 bridgehead atoms. The highest BCUT2D eigenvalue weighted by Gasteiger charge is 2.27. The molecule has 0 unspecified atom stereocenters. The summed E-state index contributed by atoms with van der Waals surface area (Å²) in [4.78, 5) is 23.5. The summed E-state index contributed by atoms with van der Waals surface area (Å²) in [6, 6.07) is 4.15. The van der Waals surface area contributed by atoms with Crippen molar-refractivity contribution in [1.82, 2.24) is 4.90 Å². The number of nitro groups is 1. The van der Waals surface area contributed by atoms with Crippen molar-refractivity contribution in [3.63, 3.8) is 0 Å². The Kier molecular flexibility index (Phi) is 4.85. The number of nitrogens with zero attached hydrogens (tertiary/aromatic N) is 2. The van der Waals surface area contributed by atoms with Crippen molar-refractivity contribution >= 4 is 11.7 Å². The van der Waals surface area contributed by atoms with Crippen molar-refractivity contribution in [2.24, 2.45) is 5.92 Å². The fraction of sp³-hybridized carbons (Fsp3) is 0.500. The molecule has 0 N–H and O–H groups in total. The Balaban J connectivity index is 2.09. The van der Waals surface area contributed by atoms with Crippen LogP contribution in [-0.4, -0.2) is 36.0 Å². The SMILES string of the molecule is COC(=O)[C@H]1CCCN(Cc2cccc([N+](=O)[O-])c2F)C1. The van der Waals surface area contributed by atoms with E-state index in [0.717, 1.165) is 25.5 Å². The number of halogens is 1. The number of hydrogen-bond donors (Lipinski definition) is 0. The molecule has 6 nitrogen and oxygen atoms in total. The Morgan fingerprint density at radius 2 is 2.33 bits per heavy atom. The molecule has 0 aliphatic carbocycles. The Bertz CT molecular complexity index is 550. The lowest BCUT2D eigenvalue weighted by atomic mass is 9.97. The van der Waals surface area contributed by atoms with E-state index in [2.05, 4.69) is 0 Å². The molecule has 0 saturated carbocycles. The van der Waals surface area contributed by atoms with Crippen molar-refractivity contribution in [3.05, 3.63) is 39.7 Å². The second-order valence-corrected chi connectivity index (χ2v) is 5.10. The summed E-state index contributed by atoms with van der Waals surface area (Å²) < 4.78 is 18.8. The van der Waals surface area contributed by atoms with Gasteiger partial charge in [-0.15, -0.1) is 0 Å². The van der Waals surface area contributed by atoms with E-state index in [1.165, 1.54) is 19.2 Å². The molecule has 0 spiro atoms. The number of piperidine rings is 1. The van der Waals surface area contributed by atoms with E-state index < -0.39 is 16.4 Å². The third-order valence-electron chi connectivity index (χ3n) is 3.69. The van der Waals surface area contributed by atoms with Gasteiger partial charge in [0.2, 0.25) is 5.82 Å². The number of likely N-dealkylation sites (tertiary alicyclic amines) is 1. The quantitative estimate of drug-likeness (QED) is 0.483. The zero-order valence-electron chi connectivity index (χ0n) is 11.8. The predicted octanol–water partition coefficient (Wildman–Crippen LogP) is 2.12. The molecule has 7 heteroatoms. The number of benzene rings is 1. The fourth-order valence-corrected chi connectivity index (χ4v) is 2.63. The van der Waals surface area contributed by atoms with Crippen LogP contribution in [0, 0.1) is 21.8 Å². The van der Waals surface area contributed by atoms with Gasteiger partial charge in [0, 0.05) is 24.7 Å². The fourth-order valence-electron chi connectivity index (χ4n) is 2.63. The maximum absolute atomic E-state index is 14.0. The molecule has 1 aromatic rings. The van der Waals surface area contributed by atoms with Gasteiger partial charge in [0.15, 0.2) is 0 Å².